The molecule has 0 heterocycles. The van der Waals surface area contributed by atoms with E-state index in [9.17, 15) is 0 Å². The third kappa shape index (κ3) is 2.78. The molecule has 0 spiro atoms. The van der Waals surface area contributed by atoms with Gasteiger partial charge in [-0.25, -0.2) is 4.99 Å². The number of halogens is 2. The van der Waals surface area contributed by atoms with Crippen LogP contribution in [0.3, 0.4) is 0 Å². The van der Waals surface area contributed by atoms with Crippen LogP contribution in [0.15, 0.2) is 17.1 Å². The van der Waals surface area contributed by atoms with Crippen molar-refractivity contribution in [2.75, 3.05) is 13.0 Å². The Morgan fingerprint density at radius 1 is 1.62 bits per heavy atom. The Kier molecular flexibility index (Phi) is 4.41. The van der Waals surface area contributed by atoms with Gasteiger partial charge in [-0.3, -0.25) is 0 Å². The van der Waals surface area contributed by atoms with Crippen molar-refractivity contribution in [2.45, 2.75) is 0 Å². The van der Waals surface area contributed by atoms with E-state index < -0.39 is 0 Å². The summed E-state index contributed by atoms with van der Waals surface area (Å²) >= 11 is 11.4. The lowest BCUT2D eigenvalue weighted by molar-refractivity contribution is 0.415. The molecule has 0 amide bonds. The first-order valence-corrected chi connectivity index (χ1v) is 5.20. The molecule has 2 N–H and O–H groups in total. The molecule has 0 aromatic heterocycles. The molecule has 0 bridgehead atoms. The van der Waals surface area contributed by atoms with Gasteiger partial charge in [-0.1, -0.05) is 11.6 Å². The Balaban J connectivity index is 3.32. The van der Waals surface area contributed by atoms with Crippen LogP contribution >= 0.6 is 23.2 Å². The van der Waals surface area contributed by atoms with Crippen LogP contribution in [-0.2, 0) is 0 Å². The number of aliphatic imine (C=N–C) groups is 1. The lowest BCUT2D eigenvalue weighted by Gasteiger charge is -2.06. The lowest BCUT2D eigenvalue weighted by atomic mass is 10.2. The normalized spacial score (nSPS) is 11.0. The van der Waals surface area contributed by atoms with Gasteiger partial charge in [-0.15, -0.1) is 11.6 Å². The van der Waals surface area contributed by atoms with Crippen LogP contribution in [0.5, 0.6) is 5.75 Å². The molecule has 1 aromatic rings. The molecule has 0 saturated heterocycles. The zero-order valence-corrected chi connectivity index (χ0v) is 10.0. The largest absolute Gasteiger partial charge is 0.495 e. The first-order chi connectivity index (χ1) is 7.62. The minimum atomic E-state index is 0.0931. The summed E-state index contributed by atoms with van der Waals surface area (Å²) in [6, 6.07) is 4.99. The van der Waals surface area contributed by atoms with Crippen molar-refractivity contribution >= 4 is 34.7 Å². The number of nitrogens with two attached hydrogens (primary N) is 1. The Morgan fingerprint density at radius 2 is 2.31 bits per heavy atom. The third-order valence-corrected chi connectivity index (χ3v) is 2.36. The molecular formula is C10H9Cl2N3O. The average Bonchev–Trinajstić information content (AvgIpc) is 2.30. The van der Waals surface area contributed by atoms with Crippen molar-refractivity contribution in [2.24, 2.45) is 10.7 Å². The summed E-state index contributed by atoms with van der Waals surface area (Å²) in [4.78, 5) is 4.00. The van der Waals surface area contributed by atoms with E-state index in [0.29, 0.717) is 22.0 Å². The van der Waals surface area contributed by atoms with Gasteiger partial charge in [0.1, 0.15) is 17.7 Å². The Hall–Kier alpha value is -1.44. The molecule has 0 radical (unpaired) electrons. The summed E-state index contributed by atoms with van der Waals surface area (Å²) in [7, 11) is 1.48. The monoisotopic (exact) mass is 257 g/mol. The van der Waals surface area contributed by atoms with E-state index in [0.717, 1.165) is 0 Å². The molecule has 6 heteroatoms. The maximum Gasteiger partial charge on any atom is 0.139 e. The summed E-state index contributed by atoms with van der Waals surface area (Å²) in [6.45, 7) is 0. The van der Waals surface area contributed by atoms with Gasteiger partial charge in [0.05, 0.1) is 29.3 Å². The molecule has 0 unspecified atom stereocenters. The van der Waals surface area contributed by atoms with Crippen LogP contribution in [-0.4, -0.2) is 18.8 Å². The lowest BCUT2D eigenvalue weighted by Crippen LogP contribution is -2.12. The van der Waals surface area contributed by atoms with E-state index in [1.807, 2.05) is 6.07 Å². The van der Waals surface area contributed by atoms with Gasteiger partial charge in [0.25, 0.3) is 0 Å². The molecule has 16 heavy (non-hydrogen) atoms. The molecule has 0 saturated carbocycles. The standard InChI is InChI=1S/C10H9Cl2N3O/c1-16-9-3-8(15-10(14)4-11)6(5-13)2-7(9)12/h2-3H,4H2,1H3,(H2,14,15). The van der Waals surface area contributed by atoms with E-state index in [1.165, 1.54) is 13.2 Å². The SMILES string of the molecule is COc1cc(N=C(N)CCl)c(C#N)cc1Cl. The maximum absolute atomic E-state index is 8.90. The second-order valence-corrected chi connectivity index (χ2v) is 3.53. The summed E-state index contributed by atoms with van der Waals surface area (Å²) in [6.07, 6.45) is 0. The van der Waals surface area contributed by atoms with E-state index in [-0.39, 0.29) is 11.7 Å². The van der Waals surface area contributed by atoms with Crippen LogP contribution in [0.1, 0.15) is 5.56 Å². The number of nitrogens with zero attached hydrogens (tertiary/aromatic N) is 2. The quantitative estimate of drug-likeness (QED) is 0.514. The van der Waals surface area contributed by atoms with Crippen LogP contribution in [0, 0.1) is 11.3 Å². The van der Waals surface area contributed by atoms with E-state index in [2.05, 4.69) is 4.99 Å². The molecule has 0 fully saturated rings. The topological polar surface area (TPSA) is 71.4 Å². The zero-order chi connectivity index (χ0) is 12.1. The predicted molar refractivity (Wildman–Crippen MR) is 64.7 cm³/mol. The summed E-state index contributed by atoms with van der Waals surface area (Å²) in [5.41, 5.74) is 6.20. The van der Waals surface area contributed by atoms with Gasteiger partial charge in [0, 0.05) is 6.07 Å². The number of rotatable bonds is 3. The number of alkyl halides is 1. The van der Waals surface area contributed by atoms with Crippen LogP contribution < -0.4 is 10.5 Å². The average molecular weight is 258 g/mol. The fourth-order valence-corrected chi connectivity index (χ4v) is 1.37. The molecule has 1 rings (SSSR count). The van der Waals surface area contributed by atoms with E-state index in [4.69, 9.17) is 38.9 Å². The minimum Gasteiger partial charge on any atom is -0.495 e. The van der Waals surface area contributed by atoms with Crippen molar-refractivity contribution in [1.82, 2.24) is 0 Å². The fraction of sp³-hybridized carbons (Fsp3) is 0.200. The van der Waals surface area contributed by atoms with Crippen molar-refractivity contribution in [3.63, 3.8) is 0 Å². The summed E-state index contributed by atoms with van der Waals surface area (Å²) in [5, 5.41) is 9.25. The van der Waals surface area contributed by atoms with Crippen molar-refractivity contribution in [1.29, 1.82) is 5.26 Å². The second kappa shape index (κ2) is 5.59. The Morgan fingerprint density at radius 3 is 2.81 bits per heavy atom. The van der Waals surface area contributed by atoms with Gasteiger partial charge in [0.2, 0.25) is 0 Å². The van der Waals surface area contributed by atoms with Gasteiger partial charge in [-0.05, 0) is 6.07 Å². The Bertz CT molecular complexity index is 466. The fourth-order valence-electron chi connectivity index (χ4n) is 1.07. The minimum absolute atomic E-state index is 0.0931. The van der Waals surface area contributed by atoms with Crippen LogP contribution in [0.4, 0.5) is 5.69 Å². The van der Waals surface area contributed by atoms with Crippen molar-refractivity contribution in [3.8, 4) is 11.8 Å². The first kappa shape index (κ1) is 12.6. The smallest absolute Gasteiger partial charge is 0.139 e. The predicted octanol–water partition coefficient (Wildman–Crippen LogP) is 2.45. The zero-order valence-electron chi connectivity index (χ0n) is 8.50. The molecule has 0 aliphatic carbocycles. The maximum atomic E-state index is 8.90. The van der Waals surface area contributed by atoms with Gasteiger partial charge >= 0.3 is 0 Å². The number of hydrogen-bond donors (Lipinski definition) is 1. The number of benzene rings is 1. The van der Waals surface area contributed by atoms with Gasteiger partial charge < -0.3 is 10.5 Å². The second-order valence-electron chi connectivity index (χ2n) is 2.85. The molecule has 1 aromatic carbocycles. The first-order valence-electron chi connectivity index (χ1n) is 4.29. The van der Waals surface area contributed by atoms with Crippen LogP contribution in [0.2, 0.25) is 5.02 Å². The van der Waals surface area contributed by atoms with Crippen LogP contribution in [0.25, 0.3) is 0 Å². The molecule has 0 atom stereocenters. The third-order valence-electron chi connectivity index (χ3n) is 1.79. The molecular weight excluding hydrogens is 249 g/mol. The number of amidine groups is 1. The summed E-state index contributed by atoms with van der Waals surface area (Å²) < 4.78 is 5.02. The number of nitriles is 1. The highest BCUT2D eigenvalue weighted by Crippen LogP contribution is 2.32. The number of hydrogen-bond acceptors (Lipinski definition) is 3. The van der Waals surface area contributed by atoms with Crippen molar-refractivity contribution < 1.29 is 4.74 Å². The number of ether oxygens (including phenoxy) is 1. The highest BCUT2D eigenvalue weighted by atomic mass is 35.5. The van der Waals surface area contributed by atoms with E-state index in [1.54, 1.807) is 6.07 Å². The highest BCUT2D eigenvalue weighted by molar-refractivity contribution is 6.32. The van der Waals surface area contributed by atoms with Crippen molar-refractivity contribution in [3.05, 3.63) is 22.7 Å². The molecule has 84 valence electrons. The molecule has 0 aliphatic heterocycles. The van der Waals surface area contributed by atoms with E-state index >= 15 is 0 Å². The molecule has 4 nitrogen and oxygen atoms in total. The Labute approximate surface area is 103 Å². The molecule has 0 aliphatic rings. The summed E-state index contributed by atoms with van der Waals surface area (Å²) in [5.74, 6) is 0.750. The highest BCUT2D eigenvalue weighted by Gasteiger charge is 2.08. The van der Waals surface area contributed by atoms with Gasteiger partial charge in [0.15, 0.2) is 0 Å². The van der Waals surface area contributed by atoms with Gasteiger partial charge in [-0.2, -0.15) is 5.26 Å². The number of methoxy groups -OCH3 is 1.